The summed E-state index contributed by atoms with van der Waals surface area (Å²) in [6, 6.07) is 3.99. The number of allylic oxidation sites excluding steroid dienone is 1. The number of nitrogens with zero attached hydrogens (tertiary/aromatic N) is 4. The minimum Gasteiger partial charge on any atom is -0.368 e. The zero-order valence-corrected chi connectivity index (χ0v) is 13.7. The fraction of sp³-hybridized carbons (Fsp3) is 0.278. The monoisotopic (exact) mass is 338 g/mol. The summed E-state index contributed by atoms with van der Waals surface area (Å²) in [5, 5.41) is 4.73. The molecule has 4 rings (SSSR count). The van der Waals surface area contributed by atoms with E-state index in [4.69, 9.17) is 18.0 Å². The molecule has 6 heteroatoms. The van der Waals surface area contributed by atoms with Gasteiger partial charge in [0, 0.05) is 43.7 Å². The van der Waals surface area contributed by atoms with Crippen molar-refractivity contribution in [3.8, 4) is 12.3 Å². The Morgan fingerprint density at radius 3 is 3.04 bits per heavy atom. The molecule has 24 heavy (non-hydrogen) atoms. The molecular weight excluding hydrogens is 324 g/mol. The quantitative estimate of drug-likeness (QED) is 0.623. The van der Waals surface area contributed by atoms with Gasteiger partial charge in [0.15, 0.2) is 5.78 Å². The van der Waals surface area contributed by atoms with E-state index in [1.807, 2.05) is 16.9 Å². The van der Waals surface area contributed by atoms with Crippen LogP contribution >= 0.6 is 11.6 Å². The van der Waals surface area contributed by atoms with Crippen LogP contribution in [0.3, 0.4) is 0 Å². The lowest BCUT2D eigenvalue weighted by atomic mass is 9.89. The van der Waals surface area contributed by atoms with Gasteiger partial charge in [0.1, 0.15) is 5.15 Å². The van der Waals surface area contributed by atoms with Gasteiger partial charge in [-0.15, -0.1) is 6.42 Å². The van der Waals surface area contributed by atoms with Gasteiger partial charge >= 0.3 is 0 Å². The van der Waals surface area contributed by atoms with E-state index in [2.05, 4.69) is 20.9 Å². The van der Waals surface area contributed by atoms with Gasteiger partial charge in [-0.3, -0.25) is 9.48 Å². The summed E-state index contributed by atoms with van der Waals surface area (Å²) >= 11 is 6.08. The van der Waals surface area contributed by atoms with Crippen LogP contribution in [0.15, 0.2) is 36.3 Å². The summed E-state index contributed by atoms with van der Waals surface area (Å²) in [5.41, 5.74) is 3.04. The SMILES string of the molecule is C#CC1=C(N2CC[C@@H](n3cccn3)C2)c2cc(Cl)ncc2CC1=O. The molecule has 0 spiro atoms. The van der Waals surface area contributed by atoms with Gasteiger partial charge in [0.05, 0.1) is 17.3 Å². The Balaban J connectivity index is 1.76. The fourth-order valence-electron chi connectivity index (χ4n) is 3.48. The summed E-state index contributed by atoms with van der Waals surface area (Å²) in [6.07, 6.45) is 12.3. The van der Waals surface area contributed by atoms with Crippen molar-refractivity contribution in [1.82, 2.24) is 19.7 Å². The maximum Gasteiger partial charge on any atom is 0.177 e. The second kappa shape index (κ2) is 5.81. The van der Waals surface area contributed by atoms with Crippen LogP contribution in [-0.2, 0) is 11.2 Å². The number of halogens is 1. The van der Waals surface area contributed by atoms with Gasteiger partial charge in [-0.1, -0.05) is 17.5 Å². The van der Waals surface area contributed by atoms with Crippen LogP contribution in [-0.4, -0.2) is 38.5 Å². The molecule has 120 valence electrons. The number of ketones is 1. The minimum absolute atomic E-state index is 0.0355. The minimum atomic E-state index is -0.0355. The van der Waals surface area contributed by atoms with Crippen LogP contribution in [0.5, 0.6) is 0 Å². The molecule has 1 atom stereocenters. The maximum absolute atomic E-state index is 12.4. The first-order chi connectivity index (χ1) is 11.7. The van der Waals surface area contributed by atoms with E-state index < -0.39 is 0 Å². The average molecular weight is 339 g/mol. The van der Waals surface area contributed by atoms with Gasteiger partial charge in [-0.25, -0.2) is 4.98 Å². The van der Waals surface area contributed by atoms with Gasteiger partial charge in [0.2, 0.25) is 0 Å². The third kappa shape index (κ3) is 2.40. The van der Waals surface area contributed by atoms with Crippen molar-refractivity contribution in [2.75, 3.05) is 13.1 Å². The van der Waals surface area contributed by atoms with Gasteiger partial charge in [-0.2, -0.15) is 5.10 Å². The van der Waals surface area contributed by atoms with Crippen LogP contribution in [0.4, 0.5) is 0 Å². The van der Waals surface area contributed by atoms with E-state index in [1.165, 1.54) is 0 Å². The standard InChI is InChI=1S/C18H15ClN4O/c1-2-14-16(24)8-12-10-20-17(19)9-15(12)18(14)22-7-4-13(11-22)23-6-3-5-21-23/h1,3,5-6,9-10,13H,4,7-8,11H2/t13-/m1/s1. The number of terminal acetylenes is 1. The highest BCUT2D eigenvalue weighted by Gasteiger charge is 2.33. The molecule has 1 fully saturated rings. The van der Waals surface area contributed by atoms with Crippen LogP contribution in [0.2, 0.25) is 5.15 Å². The van der Waals surface area contributed by atoms with Crippen molar-refractivity contribution >= 4 is 23.1 Å². The highest BCUT2D eigenvalue weighted by Crippen LogP contribution is 2.36. The van der Waals surface area contributed by atoms with Crippen LogP contribution in [0.25, 0.3) is 5.70 Å². The van der Waals surface area contributed by atoms with Crippen molar-refractivity contribution in [1.29, 1.82) is 0 Å². The number of fused-ring (bicyclic) bond motifs is 1. The first kappa shape index (κ1) is 15.0. The number of carbonyl (C=O) groups is 1. The largest absolute Gasteiger partial charge is 0.368 e. The molecule has 2 aliphatic rings. The van der Waals surface area contributed by atoms with Crippen LogP contribution in [0.1, 0.15) is 23.6 Å². The predicted molar refractivity (Wildman–Crippen MR) is 91.2 cm³/mol. The summed E-state index contributed by atoms with van der Waals surface area (Å²) in [6.45, 7) is 1.58. The molecule has 1 aliphatic carbocycles. The van der Waals surface area contributed by atoms with Crippen LogP contribution in [0, 0.1) is 12.3 Å². The molecule has 0 aromatic carbocycles. The maximum atomic E-state index is 12.4. The van der Waals surface area contributed by atoms with E-state index in [0.717, 1.165) is 36.3 Å². The Morgan fingerprint density at radius 1 is 1.42 bits per heavy atom. The average Bonchev–Trinajstić information content (AvgIpc) is 3.25. The molecular formula is C18H15ClN4O. The number of Topliss-reactive ketones (excluding diaryl/α,β-unsaturated/α-hetero) is 1. The van der Waals surface area contributed by atoms with E-state index in [0.29, 0.717) is 10.7 Å². The third-order valence-electron chi connectivity index (χ3n) is 4.60. The van der Waals surface area contributed by atoms with E-state index in [1.54, 1.807) is 18.5 Å². The molecule has 0 saturated carbocycles. The number of likely N-dealkylation sites (tertiary alicyclic amines) is 1. The van der Waals surface area contributed by atoms with Crippen molar-refractivity contribution < 1.29 is 4.79 Å². The summed E-state index contributed by atoms with van der Waals surface area (Å²) < 4.78 is 1.96. The second-order valence-electron chi connectivity index (χ2n) is 6.01. The number of rotatable bonds is 2. The Kier molecular flexibility index (Phi) is 3.62. The highest BCUT2D eigenvalue weighted by atomic mass is 35.5. The van der Waals surface area contributed by atoms with Crippen LogP contribution < -0.4 is 0 Å². The van der Waals surface area contributed by atoms with Gasteiger partial charge in [-0.05, 0) is 24.1 Å². The van der Waals surface area contributed by atoms with Crippen molar-refractivity contribution in [2.45, 2.75) is 18.9 Å². The molecule has 0 unspecified atom stereocenters. The summed E-state index contributed by atoms with van der Waals surface area (Å²) in [4.78, 5) is 18.7. The molecule has 1 aliphatic heterocycles. The predicted octanol–water partition coefficient (Wildman–Crippen LogP) is 2.35. The lowest BCUT2D eigenvalue weighted by Crippen LogP contribution is -2.27. The Hall–Kier alpha value is -2.58. The molecule has 0 amide bonds. The van der Waals surface area contributed by atoms with E-state index in [-0.39, 0.29) is 18.2 Å². The summed E-state index contributed by atoms with van der Waals surface area (Å²) in [5.74, 6) is 2.56. The number of aromatic nitrogens is 3. The van der Waals surface area contributed by atoms with E-state index >= 15 is 0 Å². The lowest BCUT2D eigenvalue weighted by molar-refractivity contribution is -0.114. The van der Waals surface area contributed by atoms with E-state index in [9.17, 15) is 4.79 Å². The van der Waals surface area contributed by atoms with Gasteiger partial charge < -0.3 is 4.90 Å². The number of pyridine rings is 1. The Morgan fingerprint density at radius 2 is 2.29 bits per heavy atom. The second-order valence-corrected chi connectivity index (χ2v) is 6.39. The van der Waals surface area contributed by atoms with Gasteiger partial charge in [0.25, 0.3) is 0 Å². The Bertz CT molecular complexity index is 879. The number of hydrogen-bond acceptors (Lipinski definition) is 4. The highest BCUT2D eigenvalue weighted by molar-refractivity contribution is 6.29. The van der Waals surface area contributed by atoms with Crippen molar-refractivity contribution in [3.05, 3.63) is 52.6 Å². The zero-order valence-electron chi connectivity index (χ0n) is 12.9. The fourth-order valence-corrected chi connectivity index (χ4v) is 3.64. The number of carbonyl (C=O) groups excluding carboxylic acids is 1. The van der Waals surface area contributed by atoms with Crippen molar-refractivity contribution in [2.24, 2.45) is 0 Å². The lowest BCUT2D eigenvalue weighted by Gasteiger charge is -2.28. The normalized spacial score (nSPS) is 20.2. The molecule has 0 radical (unpaired) electrons. The first-order valence-corrected chi connectivity index (χ1v) is 8.18. The summed E-state index contributed by atoms with van der Waals surface area (Å²) in [7, 11) is 0. The first-order valence-electron chi connectivity index (χ1n) is 7.80. The van der Waals surface area contributed by atoms with Crippen molar-refractivity contribution in [3.63, 3.8) is 0 Å². The molecule has 1 saturated heterocycles. The molecule has 2 aromatic rings. The smallest absolute Gasteiger partial charge is 0.177 e. The zero-order chi connectivity index (χ0) is 16.7. The number of hydrogen-bond donors (Lipinski definition) is 0. The Labute approximate surface area is 144 Å². The topological polar surface area (TPSA) is 51.0 Å². The molecule has 2 aromatic heterocycles. The third-order valence-corrected chi connectivity index (χ3v) is 4.80. The molecule has 3 heterocycles. The molecule has 0 bridgehead atoms. The molecule has 0 N–H and O–H groups in total. The molecule has 5 nitrogen and oxygen atoms in total.